The van der Waals surface area contributed by atoms with E-state index in [1.54, 1.807) is 11.8 Å². The van der Waals surface area contributed by atoms with Crippen molar-refractivity contribution in [3.63, 3.8) is 0 Å². The second-order valence-corrected chi connectivity index (χ2v) is 9.81. The second kappa shape index (κ2) is 9.90. The molecule has 0 spiro atoms. The van der Waals surface area contributed by atoms with Gasteiger partial charge in [-0.05, 0) is 50.7 Å². The standard InChI is InChI=1S/C24H31N3O3S/c1-17-7-11-26(12-8-17)23(28)19-9-13-27(14-10-19)24(29)21-5-3-4-6-22(21)31-16-20-15-18(2)25-30-20/h3-6,15,17,19H,7-14,16H2,1-2H3. The van der Waals surface area contributed by atoms with Crippen molar-refractivity contribution in [3.05, 3.63) is 47.3 Å². The van der Waals surface area contributed by atoms with Gasteiger partial charge >= 0.3 is 0 Å². The monoisotopic (exact) mass is 441 g/mol. The minimum Gasteiger partial charge on any atom is -0.360 e. The quantitative estimate of drug-likeness (QED) is 0.644. The summed E-state index contributed by atoms with van der Waals surface area (Å²) in [7, 11) is 0. The molecule has 2 fully saturated rings. The van der Waals surface area contributed by atoms with Gasteiger partial charge in [0.2, 0.25) is 5.91 Å². The number of nitrogens with zero attached hydrogens (tertiary/aromatic N) is 3. The molecule has 166 valence electrons. The summed E-state index contributed by atoms with van der Waals surface area (Å²) in [6.45, 7) is 7.20. The van der Waals surface area contributed by atoms with Gasteiger partial charge in [0.25, 0.3) is 5.91 Å². The first-order chi connectivity index (χ1) is 15.0. The Hall–Kier alpha value is -2.28. The zero-order valence-electron chi connectivity index (χ0n) is 18.4. The van der Waals surface area contributed by atoms with Crippen LogP contribution in [0.1, 0.15) is 54.4 Å². The molecule has 2 saturated heterocycles. The highest BCUT2D eigenvalue weighted by Crippen LogP contribution is 2.29. The van der Waals surface area contributed by atoms with Crippen molar-refractivity contribution in [3.8, 4) is 0 Å². The molecule has 0 N–H and O–H groups in total. The van der Waals surface area contributed by atoms with E-state index in [4.69, 9.17) is 4.52 Å². The van der Waals surface area contributed by atoms with Crippen LogP contribution in [0, 0.1) is 18.8 Å². The summed E-state index contributed by atoms with van der Waals surface area (Å²) in [5.74, 6) is 2.55. The lowest BCUT2D eigenvalue weighted by Crippen LogP contribution is -2.46. The SMILES string of the molecule is Cc1cc(CSc2ccccc2C(=O)N2CCC(C(=O)N3CCC(C)CC3)CC2)on1. The van der Waals surface area contributed by atoms with E-state index in [-0.39, 0.29) is 17.7 Å². The third kappa shape index (κ3) is 5.32. The summed E-state index contributed by atoms with van der Waals surface area (Å²) in [6, 6.07) is 9.65. The van der Waals surface area contributed by atoms with Gasteiger partial charge in [0.15, 0.2) is 0 Å². The van der Waals surface area contributed by atoms with Crippen molar-refractivity contribution < 1.29 is 14.1 Å². The first-order valence-corrected chi connectivity index (χ1v) is 12.2. The Kier molecular flexibility index (Phi) is 7.00. The summed E-state index contributed by atoms with van der Waals surface area (Å²) in [4.78, 5) is 31.0. The van der Waals surface area contributed by atoms with Crippen LogP contribution in [0.3, 0.4) is 0 Å². The Balaban J connectivity index is 1.34. The fourth-order valence-electron chi connectivity index (χ4n) is 4.39. The summed E-state index contributed by atoms with van der Waals surface area (Å²) < 4.78 is 5.29. The zero-order valence-corrected chi connectivity index (χ0v) is 19.2. The molecule has 1 aromatic heterocycles. The highest BCUT2D eigenvalue weighted by molar-refractivity contribution is 7.98. The van der Waals surface area contributed by atoms with E-state index in [1.165, 1.54) is 0 Å². The lowest BCUT2D eigenvalue weighted by molar-refractivity contribution is -0.138. The average Bonchev–Trinajstić information content (AvgIpc) is 3.22. The van der Waals surface area contributed by atoms with Crippen molar-refractivity contribution >= 4 is 23.6 Å². The molecule has 7 heteroatoms. The molecule has 6 nitrogen and oxygen atoms in total. The van der Waals surface area contributed by atoms with E-state index in [0.717, 1.165) is 66.6 Å². The lowest BCUT2D eigenvalue weighted by Gasteiger charge is -2.37. The molecule has 2 amide bonds. The van der Waals surface area contributed by atoms with E-state index in [0.29, 0.717) is 18.8 Å². The molecule has 0 saturated carbocycles. The van der Waals surface area contributed by atoms with Crippen LogP contribution in [0.25, 0.3) is 0 Å². The summed E-state index contributed by atoms with van der Waals surface area (Å²) >= 11 is 1.59. The number of hydrogen-bond donors (Lipinski definition) is 0. The van der Waals surface area contributed by atoms with Gasteiger partial charge in [-0.25, -0.2) is 0 Å². The Labute approximate surface area is 188 Å². The molecule has 2 aromatic rings. The molecule has 2 aliphatic heterocycles. The fourth-order valence-corrected chi connectivity index (χ4v) is 5.31. The molecule has 4 rings (SSSR count). The van der Waals surface area contributed by atoms with Crippen molar-refractivity contribution in [2.75, 3.05) is 26.2 Å². The predicted octanol–water partition coefficient (Wildman–Crippen LogP) is 4.39. The number of hydrogen-bond acceptors (Lipinski definition) is 5. The molecule has 0 aliphatic carbocycles. The predicted molar refractivity (Wildman–Crippen MR) is 121 cm³/mol. The fraction of sp³-hybridized carbons (Fsp3) is 0.542. The molecular weight excluding hydrogens is 410 g/mol. The molecule has 31 heavy (non-hydrogen) atoms. The maximum absolute atomic E-state index is 13.2. The van der Waals surface area contributed by atoms with Gasteiger partial charge in [-0.15, -0.1) is 11.8 Å². The van der Waals surface area contributed by atoms with E-state index in [1.807, 2.05) is 47.1 Å². The van der Waals surface area contributed by atoms with Crippen molar-refractivity contribution in [2.45, 2.75) is 50.2 Å². The largest absolute Gasteiger partial charge is 0.360 e. The lowest BCUT2D eigenvalue weighted by atomic mass is 9.92. The van der Waals surface area contributed by atoms with E-state index >= 15 is 0 Å². The first kappa shape index (κ1) is 21.9. The average molecular weight is 442 g/mol. The van der Waals surface area contributed by atoms with E-state index in [9.17, 15) is 9.59 Å². The highest BCUT2D eigenvalue weighted by atomic mass is 32.2. The topological polar surface area (TPSA) is 66.7 Å². The molecule has 1 aromatic carbocycles. The summed E-state index contributed by atoms with van der Waals surface area (Å²) in [5.41, 5.74) is 1.58. The number of carbonyl (C=O) groups is 2. The van der Waals surface area contributed by atoms with E-state index < -0.39 is 0 Å². The van der Waals surface area contributed by atoms with Gasteiger partial charge in [0.1, 0.15) is 5.76 Å². The number of likely N-dealkylation sites (tertiary alicyclic amines) is 2. The van der Waals surface area contributed by atoms with Crippen LogP contribution >= 0.6 is 11.8 Å². The number of amides is 2. The van der Waals surface area contributed by atoms with Gasteiger partial charge in [0, 0.05) is 43.1 Å². The van der Waals surface area contributed by atoms with Crippen LogP contribution in [0.15, 0.2) is 39.8 Å². The van der Waals surface area contributed by atoms with Gasteiger partial charge in [-0.2, -0.15) is 0 Å². The molecule has 3 heterocycles. The number of aromatic nitrogens is 1. The molecule has 0 unspecified atom stereocenters. The number of piperidine rings is 2. The van der Waals surface area contributed by atoms with Gasteiger partial charge in [-0.3, -0.25) is 9.59 Å². The smallest absolute Gasteiger partial charge is 0.254 e. The number of aryl methyl sites for hydroxylation is 1. The minimum absolute atomic E-state index is 0.0505. The van der Waals surface area contributed by atoms with Gasteiger partial charge < -0.3 is 14.3 Å². The first-order valence-electron chi connectivity index (χ1n) is 11.2. The summed E-state index contributed by atoms with van der Waals surface area (Å²) in [5, 5.41) is 3.92. The third-order valence-corrected chi connectivity index (χ3v) is 7.49. The third-order valence-electron chi connectivity index (χ3n) is 6.39. The number of benzene rings is 1. The Morgan fingerprint density at radius 1 is 1.06 bits per heavy atom. The zero-order chi connectivity index (χ0) is 21.8. The number of thioether (sulfide) groups is 1. The Morgan fingerprint density at radius 2 is 1.74 bits per heavy atom. The van der Waals surface area contributed by atoms with Crippen LogP contribution < -0.4 is 0 Å². The van der Waals surface area contributed by atoms with Crippen molar-refractivity contribution in [1.82, 2.24) is 15.0 Å². The second-order valence-electron chi connectivity index (χ2n) is 8.79. The normalized spacial score (nSPS) is 18.4. The Bertz CT molecular complexity index is 912. The Morgan fingerprint density at radius 3 is 2.42 bits per heavy atom. The maximum atomic E-state index is 13.2. The molecular formula is C24H31N3O3S. The number of carbonyl (C=O) groups excluding carboxylic acids is 2. The molecule has 0 atom stereocenters. The van der Waals surface area contributed by atoms with Crippen LogP contribution in [-0.2, 0) is 10.5 Å². The van der Waals surface area contributed by atoms with E-state index in [2.05, 4.69) is 12.1 Å². The molecule has 2 aliphatic rings. The van der Waals surface area contributed by atoms with Crippen molar-refractivity contribution in [2.24, 2.45) is 11.8 Å². The molecule has 0 bridgehead atoms. The van der Waals surface area contributed by atoms with Crippen LogP contribution in [0.4, 0.5) is 0 Å². The van der Waals surface area contributed by atoms with Crippen LogP contribution in [0.5, 0.6) is 0 Å². The molecule has 0 radical (unpaired) electrons. The van der Waals surface area contributed by atoms with Crippen molar-refractivity contribution in [1.29, 1.82) is 0 Å². The maximum Gasteiger partial charge on any atom is 0.254 e. The van der Waals surface area contributed by atoms with Crippen LogP contribution in [0.2, 0.25) is 0 Å². The number of rotatable bonds is 5. The van der Waals surface area contributed by atoms with Crippen LogP contribution in [-0.4, -0.2) is 52.9 Å². The summed E-state index contributed by atoms with van der Waals surface area (Å²) in [6.07, 6.45) is 3.71. The minimum atomic E-state index is 0.0505. The highest BCUT2D eigenvalue weighted by Gasteiger charge is 2.32. The van der Waals surface area contributed by atoms with Gasteiger partial charge in [0.05, 0.1) is 17.0 Å². The van der Waals surface area contributed by atoms with Gasteiger partial charge in [-0.1, -0.05) is 24.2 Å².